The van der Waals surface area contributed by atoms with Crippen LogP contribution >= 0.6 is 0 Å². The zero-order valence-electron chi connectivity index (χ0n) is 15.0. The molecule has 28 heavy (non-hydrogen) atoms. The van der Waals surface area contributed by atoms with Gasteiger partial charge in [0.1, 0.15) is 18.0 Å². The minimum absolute atomic E-state index is 0.0357. The van der Waals surface area contributed by atoms with Crippen LogP contribution in [0.15, 0.2) is 30.5 Å². The van der Waals surface area contributed by atoms with Gasteiger partial charge in [-0.2, -0.15) is 23.7 Å². The van der Waals surface area contributed by atoms with Gasteiger partial charge in [-0.25, -0.2) is 10.0 Å². The molecule has 2 heterocycles. The van der Waals surface area contributed by atoms with Crippen molar-refractivity contribution in [3.05, 3.63) is 57.9 Å². The monoisotopic (exact) mass is 388 g/mol. The number of nitrogens with zero attached hydrogens (tertiary/aromatic N) is 3. The molecule has 1 atom stereocenters. The van der Waals surface area contributed by atoms with Crippen LogP contribution in [-0.4, -0.2) is 18.9 Å². The van der Waals surface area contributed by atoms with E-state index in [0.717, 1.165) is 18.3 Å². The molecular formula is C19H15F3N4O2. The number of nitrogens with one attached hydrogen (secondary N) is 1. The van der Waals surface area contributed by atoms with Crippen molar-refractivity contribution in [2.24, 2.45) is 0 Å². The smallest absolute Gasteiger partial charge is 0.405 e. The fourth-order valence-corrected chi connectivity index (χ4v) is 3.26. The lowest BCUT2D eigenvalue weighted by atomic mass is 9.71. The molecular weight excluding hydrogens is 373 g/mol. The second kappa shape index (κ2) is 6.70. The lowest BCUT2D eigenvalue weighted by Crippen LogP contribution is -2.52. The predicted octanol–water partition coefficient (Wildman–Crippen LogP) is 3.39. The minimum atomic E-state index is -4.87. The van der Waals surface area contributed by atoms with Crippen LogP contribution in [0.4, 0.5) is 24.7 Å². The standard InChI is InChI=1S/C19H15F3N4O2/c1-11(2)28-10-18(19(20,21)22)14-5-12(7-23)3-4-16(14)25-17-15(18)6-13(8-24)9-26(17)27/h3-6,9,11,25H,10H2,1-2H3. The van der Waals surface area contributed by atoms with Gasteiger partial charge in [-0.05, 0) is 38.1 Å². The topological polar surface area (TPSA) is 95.8 Å². The molecule has 9 heteroatoms. The molecule has 1 aliphatic heterocycles. The summed E-state index contributed by atoms with van der Waals surface area (Å²) in [5.41, 5.74) is -3.51. The Kier molecular flexibility index (Phi) is 4.66. The van der Waals surface area contributed by atoms with Gasteiger partial charge in [0.25, 0.3) is 5.82 Å². The average molecular weight is 388 g/mol. The second-order valence-electron chi connectivity index (χ2n) is 6.69. The van der Waals surface area contributed by atoms with Gasteiger partial charge in [0, 0.05) is 5.56 Å². The fraction of sp³-hybridized carbons (Fsp3) is 0.316. The third-order valence-electron chi connectivity index (χ3n) is 4.60. The number of aromatic nitrogens is 1. The Hall–Kier alpha value is -3.30. The van der Waals surface area contributed by atoms with Gasteiger partial charge in [-0.15, -0.1) is 0 Å². The van der Waals surface area contributed by atoms with Crippen molar-refractivity contribution in [3.8, 4) is 12.1 Å². The molecule has 3 rings (SSSR count). The minimum Gasteiger partial charge on any atom is -0.711 e. The van der Waals surface area contributed by atoms with Gasteiger partial charge >= 0.3 is 6.18 Å². The summed E-state index contributed by atoms with van der Waals surface area (Å²) in [7, 11) is 0. The van der Waals surface area contributed by atoms with Crippen molar-refractivity contribution in [2.45, 2.75) is 31.5 Å². The van der Waals surface area contributed by atoms with Gasteiger partial charge in [0.15, 0.2) is 5.41 Å². The number of hydrogen-bond acceptors (Lipinski definition) is 5. The molecule has 1 aliphatic rings. The van der Waals surface area contributed by atoms with Crippen LogP contribution in [-0.2, 0) is 10.2 Å². The molecule has 0 amide bonds. The number of nitriles is 2. The molecule has 0 spiro atoms. The van der Waals surface area contributed by atoms with E-state index in [9.17, 15) is 23.6 Å². The van der Waals surface area contributed by atoms with E-state index >= 15 is 0 Å². The molecule has 2 aromatic rings. The fourth-order valence-electron chi connectivity index (χ4n) is 3.26. The molecule has 1 N–H and O–H groups in total. The molecule has 1 aromatic carbocycles. The van der Waals surface area contributed by atoms with Crippen LogP contribution in [0, 0.1) is 27.9 Å². The zero-order valence-corrected chi connectivity index (χ0v) is 15.0. The molecule has 0 fully saturated rings. The van der Waals surface area contributed by atoms with Crippen LogP contribution in [0.1, 0.15) is 36.1 Å². The Morgan fingerprint density at radius 2 is 1.82 bits per heavy atom. The highest BCUT2D eigenvalue weighted by Crippen LogP contribution is 2.54. The number of rotatable bonds is 3. The van der Waals surface area contributed by atoms with E-state index in [1.165, 1.54) is 12.1 Å². The molecule has 1 unspecified atom stereocenters. The van der Waals surface area contributed by atoms with Crippen LogP contribution in [0.2, 0.25) is 0 Å². The normalized spacial score (nSPS) is 17.9. The van der Waals surface area contributed by atoms with Crippen molar-refractivity contribution in [1.82, 2.24) is 0 Å². The summed E-state index contributed by atoms with van der Waals surface area (Å²) in [5.74, 6) is -0.333. The number of fused-ring (bicyclic) bond motifs is 2. The first kappa shape index (κ1) is 19.5. The van der Waals surface area contributed by atoms with Crippen molar-refractivity contribution in [2.75, 3.05) is 11.9 Å². The Morgan fingerprint density at radius 1 is 1.18 bits per heavy atom. The average Bonchev–Trinajstić information content (AvgIpc) is 2.64. The lowest BCUT2D eigenvalue weighted by molar-refractivity contribution is -0.591. The second-order valence-corrected chi connectivity index (χ2v) is 6.69. The summed E-state index contributed by atoms with van der Waals surface area (Å²) in [6, 6.07) is 8.40. The first-order chi connectivity index (χ1) is 13.1. The maximum Gasteiger partial charge on any atom is 0.405 e. The highest BCUT2D eigenvalue weighted by Gasteiger charge is 2.63. The Labute approximate surface area is 159 Å². The number of ether oxygens (including phenoxy) is 1. The summed E-state index contributed by atoms with van der Waals surface area (Å²) in [6.45, 7) is 2.38. The molecule has 0 aliphatic carbocycles. The van der Waals surface area contributed by atoms with Gasteiger partial charge in [0.2, 0.25) is 0 Å². The Bertz CT molecular complexity index is 1020. The van der Waals surface area contributed by atoms with E-state index in [0.29, 0.717) is 0 Å². The highest BCUT2D eigenvalue weighted by molar-refractivity contribution is 5.74. The third-order valence-corrected chi connectivity index (χ3v) is 4.60. The molecule has 0 bridgehead atoms. The maximum absolute atomic E-state index is 14.6. The number of alkyl halides is 3. The zero-order chi connectivity index (χ0) is 20.7. The van der Waals surface area contributed by atoms with Crippen LogP contribution in [0.25, 0.3) is 0 Å². The Morgan fingerprint density at radius 3 is 2.39 bits per heavy atom. The van der Waals surface area contributed by atoms with Crippen molar-refractivity contribution >= 4 is 11.5 Å². The van der Waals surface area contributed by atoms with Crippen LogP contribution in [0.5, 0.6) is 0 Å². The molecule has 6 nitrogen and oxygen atoms in total. The summed E-state index contributed by atoms with van der Waals surface area (Å²) >= 11 is 0. The van der Waals surface area contributed by atoms with Gasteiger partial charge in [-0.1, -0.05) is 0 Å². The molecule has 0 saturated heterocycles. The van der Waals surface area contributed by atoms with Gasteiger partial charge < -0.3 is 9.94 Å². The molecule has 0 radical (unpaired) electrons. The first-order valence-electron chi connectivity index (χ1n) is 8.32. The van der Waals surface area contributed by atoms with Crippen LogP contribution < -0.4 is 10.0 Å². The van der Waals surface area contributed by atoms with Crippen molar-refractivity contribution in [3.63, 3.8) is 0 Å². The maximum atomic E-state index is 14.6. The lowest BCUT2D eigenvalue weighted by Gasteiger charge is -2.40. The van der Waals surface area contributed by atoms with Crippen LogP contribution in [0.3, 0.4) is 0 Å². The SMILES string of the molecule is CC(C)OCC1(C(F)(F)F)c2cc(C#N)ccc2Nc2c1cc(C#N)c[n+]2[O-]. The molecule has 0 saturated carbocycles. The highest BCUT2D eigenvalue weighted by atomic mass is 19.4. The predicted molar refractivity (Wildman–Crippen MR) is 92.5 cm³/mol. The molecule has 1 aromatic heterocycles. The number of anilines is 2. The number of benzene rings is 1. The molecule has 144 valence electrons. The number of pyridine rings is 1. The third kappa shape index (κ3) is 2.90. The van der Waals surface area contributed by atoms with E-state index in [1.807, 2.05) is 6.07 Å². The summed E-state index contributed by atoms with van der Waals surface area (Å²) < 4.78 is 49.5. The van der Waals surface area contributed by atoms with E-state index in [1.54, 1.807) is 19.9 Å². The quantitative estimate of drug-likeness (QED) is 0.642. The van der Waals surface area contributed by atoms with Crippen molar-refractivity contribution < 1.29 is 22.6 Å². The van der Waals surface area contributed by atoms with Crippen molar-refractivity contribution in [1.29, 1.82) is 10.5 Å². The van der Waals surface area contributed by atoms with Gasteiger partial charge in [-0.3, -0.25) is 0 Å². The van der Waals surface area contributed by atoms with E-state index < -0.39 is 29.9 Å². The first-order valence-corrected chi connectivity index (χ1v) is 8.32. The largest absolute Gasteiger partial charge is 0.711 e. The summed E-state index contributed by atoms with van der Waals surface area (Å²) in [4.78, 5) is 0. The number of halogens is 3. The van der Waals surface area contributed by atoms with Gasteiger partial charge in [0.05, 0.1) is 35.5 Å². The van der Waals surface area contributed by atoms with E-state index in [2.05, 4.69) is 5.32 Å². The summed E-state index contributed by atoms with van der Waals surface area (Å²) in [5, 5.41) is 33.4. The number of hydrogen-bond donors (Lipinski definition) is 1. The van der Waals surface area contributed by atoms with E-state index in [-0.39, 0.29) is 32.9 Å². The summed E-state index contributed by atoms with van der Waals surface area (Å²) in [6.07, 6.45) is -4.48. The Balaban J connectivity index is 2.43. The van der Waals surface area contributed by atoms with E-state index in [4.69, 9.17) is 10.00 Å².